The van der Waals surface area contributed by atoms with Crippen LogP contribution >= 0.6 is 0 Å². The molecule has 0 aliphatic carbocycles. The molecular weight excluding hydrogens is 364 g/mol. The molecule has 28 heavy (non-hydrogen) atoms. The molecule has 2 aromatic rings. The van der Waals surface area contributed by atoms with Crippen molar-refractivity contribution in [3.05, 3.63) is 71.3 Å². The van der Waals surface area contributed by atoms with Gasteiger partial charge in [0.1, 0.15) is 18.2 Å². The summed E-state index contributed by atoms with van der Waals surface area (Å²) in [6.07, 6.45) is 0.582. The van der Waals surface area contributed by atoms with Gasteiger partial charge in [-0.2, -0.15) is 5.10 Å². The SMILES string of the molecule is CCC(=O)N(C)CC(=O)N1N=C(c2ccccc2F)CC1c1ccc(F)cc1. The Morgan fingerprint density at radius 2 is 1.82 bits per heavy atom. The number of hydrogen-bond donors (Lipinski definition) is 0. The lowest BCUT2D eigenvalue weighted by atomic mass is 9.98. The maximum atomic E-state index is 14.2. The fourth-order valence-corrected chi connectivity index (χ4v) is 3.18. The van der Waals surface area contributed by atoms with Crippen LogP contribution in [0.4, 0.5) is 8.78 Å². The van der Waals surface area contributed by atoms with Crippen LogP contribution in [-0.2, 0) is 9.59 Å². The summed E-state index contributed by atoms with van der Waals surface area (Å²) in [5.41, 5.74) is 1.45. The fourth-order valence-electron chi connectivity index (χ4n) is 3.18. The molecule has 1 heterocycles. The molecule has 0 aromatic heterocycles. The molecule has 7 heteroatoms. The van der Waals surface area contributed by atoms with Gasteiger partial charge in [-0.15, -0.1) is 0 Å². The van der Waals surface area contributed by atoms with Crippen molar-refractivity contribution in [3.8, 4) is 0 Å². The highest BCUT2D eigenvalue weighted by Gasteiger charge is 2.34. The number of amides is 2. The third kappa shape index (κ3) is 4.08. The number of benzene rings is 2. The number of halogens is 2. The summed E-state index contributed by atoms with van der Waals surface area (Å²) in [6.45, 7) is 1.58. The molecule has 0 spiro atoms. The number of hydrazone groups is 1. The summed E-state index contributed by atoms with van der Waals surface area (Å²) >= 11 is 0. The highest BCUT2D eigenvalue weighted by atomic mass is 19.1. The van der Waals surface area contributed by atoms with E-state index in [-0.39, 0.29) is 30.6 Å². The molecule has 0 bridgehead atoms. The maximum Gasteiger partial charge on any atom is 0.262 e. The Kier molecular flexibility index (Phi) is 5.82. The second-order valence-corrected chi connectivity index (χ2v) is 6.64. The van der Waals surface area contributed by atoms with Crippen molar-refractivity contribution < 1.29 is 18.4 Å². The van der Waals surface area contributed by atoms with Gasteiger partial charge in [-0.05, 0) is 23.8 Å². The second-order valence-electron chi connectivity index (χ2n) is 6.64. The van der Waals surface area contributed by atoms with Crippen LogP contribution in [0.5, 0.6) is 0 Å². The molecule has 0 fully saturated rings. The molecule has 3 rings (SSSR count). The first kappa shape index (κ1) is 19.7. The van der Waals surface area contributed by atoms with Crippen molar-refractivity contribution in [3.63, 3.8) is 0 Å². The van der Waals surface area contributed by atoms with Crippen molar-refractivity contribution in [2.75, 3.05) is 13.6 Å². The highest BCUT2D eigenvalue weighted by Crippen LogP contribution is 2.33. The van der Waals surface area contributed by atoms with E-state index in [4.69, 9.17) is 0 Å². The van der Waals surface area contributed by atoms with E-state index in [1.54, 1.807) is 44.3 Å². The number of carbonyl (C=O) groups is 2. The van der Waals surface area contributed by atoms with Crippen LogP contribution < -0.4 is 0 Å². The van der Waals surface area contributed by atoms with Crippen LogP contribution in [0.1, 0.15) is 36.9 Å². The zero-order valence-corrected chi connectivity index (χ0v) is 15.7. The van der Waals surface area contributed by atoms with Crippen LogP contribution in [0.2, 0.25) is 0 Å². The molecule has 2 aromatic carbocycles. The lowest BCUT2D eigenvalue weighted by Crippen LogP contribution is -2.39. The molecule has 1 atom stereocenters. The summed E-state index contributed by atoms with van der Waals surface area (Å²) in [6, 6.07) is 11.5. The van der Waals surface area contributed by atoms with Crippen molar-refractivity contribution in [2.45, 2.75) is 25.8 Å². The minimum absolute atomic E-state index is 0.140. The predicted molar refractivity (Wildman–Crippen MR) is 101 cm³/mol. The van der Waals surface area contributed by atoms with Crippen molar-refractivity contribution >= 4 is 17.5 Å². The predicted octanol–water partition coefficient (Wildman–Crippen LogP) is 3.51. The number of hydrogen-bond acceptors (Lipinski definition) is 3. The fraction of sp³-hybridized carbons (Fsp3) is 0.286. The van der Waals surface area contributed by atoms with Crippen LogP contribution in [0.3, 0.4) is 0 Å². The van der Waals surface area contributed by atoms with Crippen LogP contribution in [-0.4, -0.2) is 41.0 Å². The van der Waals surface area contributed by atoms with Gasteiger partial charge in [0.25, 0.3) is 5.91 Å². The van der Waals surface area contributed by atoms with Crippen LogP contribution in [0.25, 0.3) is 0 Å². The Morgan fingerprint density at radius 1 is 1.14 bits per heavy atom. The Balaban J connectivity index is 1.92. The summed E-state index contributed by atoms with van der Waals surface area (Å²) in [7, 11) is 1.55. The van der Waals surface area contributed by atoms with Gasteiger partial charge in [-0.25, -0.2) is 13.8 Å². The van der Waals surface area contributed by atoms with Crippen molar-refractivity contribution in [1.82, 2.24) is 9.91 Å². The van der Waals surface area contributed by atoms with Gasteiger partial charge in [-0.3, -0.25) is 9.59 Å². The largest absolute Gasteiger partial charge is 0.336 e. The molecular formula is C21H21F2N3O2. The highest BCUT2D eigenvalue weighted by molar-refractivity contribution is 6.03. The Hall–Kier alpha value is -3.09. The third-order valence-electron chi connectivity index (χ3n) is 4.71. The van der Waals surface area contributed by atoms with Gasteiger partial charge in [-0.1, -0.05) is 37.3 Å². The number of likely N-dealkylation sites (N-methyl/N-ethyl adjacent to an activating group) is 1. The van der Waals surface area contributed by atoms with Gasteiger partial charge in [0.05, 0.1) is 11.8 Å². The molecule has 1 unspecified atom stereocenters. The van der Waals surface area contributed by atoms with Gasteiger partial charge < -0.3 is 4.90 Å². The number of carbonyl (C=O) groups excluding carboxylic acids is 2. The van der Waals surface area contributed by atoms with E-state index < -0.39 is 11.9 Å². The molecule has 0 radical (unpaired) electrons. The Labute approximate surface area is 162 Å². The molecule has 2 amide bonds. The zero-order chi connectivity index (χ0) is 20.3. The summed E-state index contributed by atoms with van der Waals surface area (Å²) in [5.74, 6) is -1.36. The minimum Gasteiger partial charge on any atom is -0.336 e. The van der Waals surface area contributed by atoms with E-state index in [0.29, 0.717) is 23.3 Å². The summed E-state index contributed by atoms with van der Waals surface area (Å²) < 4.78 is 27.5. The average molecular weight is 385 g/mol. The number of nitrogens with zero attached hydrogens (tertiary/aromatic N) is 3. The first-order chi connectivity index (χ1) is 13.4. The molecule has 0 saturated carbocycles. The minimum atomic E-state index is -0.493. The van der Waals surface area contributed by atoms with Gasteiger partial charge >= 0.3 is 0 Å². The lowest BCUT2D eigenvalue weighted by molar-refractivity contribution is -0.140. The lowest BCUT2D eigenvalue weighted by Gasteiger charge is -2.24. The molecule has 1 aliphatic heterocycles. The smallest absolute Gasteiger partial charge is 0.262 e. The van der Waals surface area contributed by atoms with Crippen LogP contribution in [0.15, 0.2) is 53.6 Å². The molecule has 0 saturated heterocycles. The molecule has 0 N–H and O–H groups in total. The van der Waals surface area contributed by atoms with Crippen molar-refractivity contribution in [2.24, 2.45) is 5.10 Å². The van der Waals surface area contributed by atoms with Gasteiger partial charge in [0.2, 0.25) is 5.91 Å². The molecule has 1 aliphatic rings. The molecule has 146 valence electrons. The first-order valence-corrected chi connectivity index (χ1v) is 9.04. The topological polar surface area (TPSA) is 53.0 Å². The zero-order valence-electron chi connectivity index (χ0n) is 15.7. The first-order valence-electron chi connectivity index (χ1n) is 9.04. The van der Waals surface area contributed by atoms with E-state index in [9.17, 15) is 18.4 Å². The van der Waals surface area contributed by atoms with Gasteiger partial charge in [0, 0.05) is 25.5 Å². The monoisotopic (exact) mass is 385 g/mol. The van der Waals surface area contributed by atoms with E-state index in [1.165, 1.54) is 28.1 Å². The quantitative estimate of drug-likeness (QED) is 0.791. The van der Waals surface area contributed by atoms with E-state index >= 15 is 0 Å². The van der Waals surface area contributed by atoms with E-state index in [0.717, 1.165) is 0 Å². The summed E-state index contributed by atoms with van der Waals surface area (Å²) in [5, 5.41) is 5.64. The van der Waals surface area contributed by atoms with Crippen LogP contribution in [0, 0.1) is 11.6 Å². The average Bonchev–Trinajstić information content (AvgIpc) is 3.13. The third-order valence-corrected chi connectivity index (χ3v) is 4.71. The maximum absolute atomic E-state index is 14.2. The van der Waals surface area contributed by atoms with E-state index in [1.807, 2.05) is 0 Å². The Morgan fingerprint density at radius 3 is 2.46 bits per heavy atom. The van der Waals surface area contributed by atoms with Gasteiger partial charge in [0.15, 0.2) is 0 Å². The summed E-state index contributed by atoms with van der Waals surface area (Å²) in [4.78, 5) is 26.0. The van der Waals surface area contributed by atoms with E-state index in [2.05, 4.69) is 5.10 Å². The second kappa shape index (κ2) is 8.29. The Bertz CT molecular complexity index is 912. The standard InChI is InChI=1S/C21H21F2N3O2/c1-3-20(27)25(2)13-21(28)26-19(14-8-10-15(22)11-9-14)12-18(24-26)16-6-4-5-7-17(16)23/h4-11,19H,3,12-13H2,1-2H3. The number of rotatable bonds is 5. The molecule has 5 nitrogen and oxygen atoms in total. The van der Waals surface area contributed by atoms with Crippen molar-refractivity contribution in [1.29, 1.82) is 0 Å². The normalized spacial score (nSPS) is 16.1.